The van der Waals surface area contributed by atoms with Crippen molar-refractivity contribution in [3.05, 3.63) is 22.3 Å². The standard InChI is InChI=1S/C11H13BrN4/c1-15-4-6-16(7-5-15)10-3-2-9(8-13)11(12)14-10/h2-3H,4-7H2,1H3. The second kappa shape index (κ2) is 4.81. The molecule has 4 nitrogen and oxygen atoms in total. The van der Waals surface area contributed by atoms with Crippen molar-refractivity contribution in [2.45, 2.75) is 0 Å². The fraction of sp³-hybridized carbons (Fsp3) is 0.455. The Labute approximate surface area is 104 Å². The smallest absolute Gasteiger partial charge is 0.130 e. The van der Waals surface area contributed by atoms with Crippen LogP contribution in [0.4, 0.5) is 5.82 Å². The molecule has 2 rings (SSSR count). The average Bonchev–Trinajstić information content (AvgIpc) is 2.30. The number of nitriles is 1. The SMILES string of the molecule is CN1CCN(c2ccc(C#N)c(Br)n2)CC1. The van der Waals surface area contributed by atoms with E-state index >= 15 is 0 Å². The van der Waals surface area contributed by atoms with Gasteiger partial charge in [-0.2, -0.15) is 5.26 Å². The third-order valence-electron chi connectivity index (χ3n) is 2.78. The van der Waals surface area contributed by atoms with Crippen LogP contribution in [-0.4, -0.2) is 43.1 Å². The summed E-state index contributed by atoms with van der Waals surface area (Å²) in [5.74, 6) is 0.943. The Balaban J connectivity index is 2.16. The van der Waals surface area contributed by atoms with Gasteiger partial charge >= 0.3 is 0 Å². The van der Waals surface area contributed by atoms with Crippen molar-refractivity contribution in [3.8, 4) is 6.07 Å². The number of hydrogen-bond donors (Lipinski definition) is 0. The molecule has 84 valence electrons. The van der Waals surface area contributed by atoms with Gasteiger partial charge in [-0.05, 0) is 35.1 Å². The number of hydrogen-bond acceptors (Lipinski definition) is 4. The molecule has 0 unspecified atom stereocenters. The first-order valence-electron chi connectivity index (χ1n) is 5.21. The number of pyridine rings is 1. The van der Waals surface area contributed by atoms with Gasteiger partial charge in [0.05, 0.1) is 5.56 Å². The van der Waals surface area contributed by atoms with E-state index in [1.807, 2.05) is 12.1 Å². The van der Waals surface area contributed by atoms with Crippen molar-refractivity contribution in [3.63, 3.8) is 0 Å². The van der Waals surface area contributed by atoms with E-state index in [-0.39, 0.29) is 0 Å². The second-order valence-corrected chi connectivity index (χ2v) is 4.66. The molecule has 1 aromatic rings. The number of aromatic nitrogens is 1. The third-order valence-corrected chi connectivity index (χ3v) is 3.39. The van der Waals surface area contributed by atoms with Gasteiger partial charge in [0.25, 0.3) is 0 Å². The molecule has 0 spiro atoms. The van der Waals surface area contributed by atoms with Gasteiger partial charge in [-0.15, -0.1) is 0 Å². The number of likely N-dealkylation sites (N-methyl/N-ethyl adjacent to an activating group) is 1. The zero-order chi connectivity index (χ0) is 11.5. The fourth-order valence-corrected chi connectivity index (χ4v) is 2.12. The van der Waals surface area contributed by atoms with E-state index in [0.717, 1.165) is 32.0 Å². The van der Waals surface area contributed by atoms with E-state index in [2.05, 4.69) is 43.8 Å². The van der Waals surface area contributed by atoms with Crippen LogP contribution in [-0.2, 0) is 0 Å². The molecule has 0 radical (unpaired) electrons. The average molecular weight is 281 g/mol. The van der Waals surface area contributed by atoms with E-state index < -0.39 is 0 Å². The lowest BCUT2D eigenvalue weighted by molar-refractivity contribution is 0.312. The number of halogens is 1. The number of rotatable bonds is 1. The number of nitrogens with zero attached hydrogens (tertiary/aromatic N) is 4. The summed E-state index contributed by atoms with van der Waals surface area (Å²) in [5.41, 5.74) is 0.581. The van der Waals surface area contributed by atoms with Gasteiger partial charge in [-0.25, -0.2) is 4.98 Å². The van der Waals surface area contributed by atoms with Crippen LogP contribution in [0.5, 0.6) is 0 Å². The van der Waals surface area contributed by atoms with Crippen LogP contribution in [0, 0.1) is 11.3 Å². The maximum Gasteiger partial charge on any atom is 0.130 e. The number of anilines is 1. The molecule has 0 N–H and O–H groups in total. The van der Waals surface area contributed by atoms with E-state index in [1.54, 1.807) is 0 Å². The second-order valence-electron chi connectivity index (χ2n) is 3.91. The Kier molecular flexibility index (Phi) is 3.42. The Hall–Kier alpha value is -1.12. The van der Waals surface area contributed by atoms with Crippen LogP contribution in [0.3, 0.4) is 0 Å². The lowest BCUT2D eigenvalue weighted by Gasteiger charge is -2.33. The molecule has 5 heteroatoms. The maximum absolute atomic E-state index is 8.81. The number of piperazine rings is 1. The largest absolute Gasteiger partial charge is 0.354 e. The topological polar surface area (TPSA) is 43.2 Å². The van der Waals surface area contributed by atoms with Gasteiger partial charge in [0.2, 0.25) is 0 Å². The molecular weight excluding hydrogens is 268 g/mol. The van der Waals surface area contributed by atoms with Crippen molar-refractivity contribution >= 4 is 21.7 Å². The summed E-state index contributed by atoms with van der Waals surface area (Å²) in [5, 5.41) is 8.81. The zero-order valence-electron chi connectivity index (χ0n) is 9.15. The molecule has 0 saturated carbocycles. The highest BCUT2D eigenvalue weighted by molar-refractivity contribution is 9.10. The van der Waals surface area contributed by atoms with Crippen LogP contribution in [0.2, 0.25) is 0 Å². The highest BCUT2D eigenvalue weighted by Crippen LogP contribution is 2.19. The van der Waals surface area contributed by atoms with Gasteiger partial charge in [0, 0.05) is 26.2 Å². The predicted octanol–water partition coefficient (Wildman–Crippen LogP) is 1.47. The Morgan fingerprint density at radius 3 is 2.56 bits per heavy atom. The normalized spacial score (nSPS) is 17.2. The summed E-state index contributed by atoms with van der Waals surface area (Å²) >= 11 is 3.32. The molecule has 1 saturated heterocycles. The van der Waals surface area contributed by atoms with Crippen LogP contribution < -0.4 is 4.90 Å². The van der Waals surface area contributed by atoms with Crippen LogP contribution in [0.15, 0.2) is 16.7 Å². The molecule has 0 aliphatic carbocycles. The Bertz CT molecular complexity index is 418. The highest BCUT2D eigenvalue weighted by Gasteiger charge is 2.15. The van der Waals surface area contributed by atoms with E-state index in [4.69, 9.17) is 5.26 Å². The van der Waals surface area contributed by atoms with Crippen molar-refractivity contribution < 1.29 is 0 Å². The minimum absolute atomic E-state index is 0.581. The zero-order valence-corrected chi connectivity index (χ0v) is 10.7. The predicted molar refractivity (Wildman–Crippen MR) is 66.4 cm³/mol. The monoisotopic (exact) mass is 280 g/mol. The lowest BCUT2D eigenvalue weighted by atomic mass is 10.3. The van der Waals surface area contributed by atoms with Gasteiger partial charge in [-0.1, -0.05) is 0 Å². The summed E-state index contributed by atoms with van der Waals surface area (Å²) in [7, 11) is 2.12. The summed E-state index contributed by atoms with van der Waals surface area (Å²) in [6.07, 6.45) is 0. The maximum atomic E-state index is 8.81. The molecule has 16 heavy (non-hydrogen) atoms. The molecule has 0 bridgehead atoms. The molecule has 1 aromatic heterocycles. The van der Waals surface area contributed by atoms with Crippen molar-refractivity contribution in [2.75, 3.05) is 38.1 Å². The summed E-state index contributed by atoms with van der Waals surface area (Å²) in [6, 6.07) is 5.82. The van der Waals surface area contributed by atoms with Crippen LogP contribution in [0.1, 0.15) is 5.56 Å². The molecule has 1 aliphatic rings. The quantitative estimate of drug-likeness (QED) is 0.731. The first-order valence-corrected chi connectivity index (χ1v) is 6.00. The molecule has 0 atom stereocenters. The molecule has 1 aliphatic heterocycles. The minimum Gasteiger partial charge on any atom is -0.354 e. The lowest BCUT2D eigenvalue weighted by Crippen LogP contribution is -2.44. The molecule has 0 amide bonds. The van der Waals surface area contributed by atoms with Crippen molar-refractivity contribution in [1.82, 2.24) is 9.88 Å². The van der Waals surface area contributed by atoms with Crippen molar-refractivity contribution in [2.24, 2.45) is 0 Å². The van der Waals surface area contributed by atoms with E-state index in [0.29, 0.717) is 10.2 Å². The summed E-state index contributed by atoms with van der Waals surface area (Å²) < 4.78 is 0.631. The Morgan fingerprint density at radius 1 is 1.31 bits per heavy atom. The molecule has 2 heterocycles. The fourth-order valence-electron chi connectivity index (χ4n) is 1.72. The van der Waals surface area contributed by atoms with Crippen molar-refractivity contribution in [1.29, 1.82) is 5.26 Å². The van der Waals surface area contributed by atoms with Gasteiger partial charge in [0.1, 0.15) is 16.5 Å². The van der Waals surface area contributed by atoms with Gasteiger partial charge in [-0.3, -0.25) is 0 Å². The van der Waals surface area contributed by atoms with E-state index in [9.17, 15) is 0 Å². The summed E-state index contributed by atoms with van der Waals surface area (Å²) in [6.45, 7) is 4.09. The first-order chi connectivity index (χ1) is 7.70. The van der Waals surface area contributed by atoms with Crippen LogP contribution in [0.25, 0.3) is 0 Å². The van der Waals surface area contributed by atoms with Crippen LogP contribution >= 0.6 is 15.9 Å². The molecule has 1 fully saturated rings. The van der Waals surface area contributed by atoms with Gasteiger partial charge < -0.3 is 9.80 Å². The highest BCUT2D eigenvalue weighted by atomic mass is 79.9. The molecule has 0 aromatic carbocycles. The minimum atomic E-state index is 0.581. The molecular formula is C11H13BrN4. The summed E-state index contributed by atoms with van der Waals surface area (Å²) in [4.78, 5) is 8.94. The van der Waals surface area contributed by atoms with E-state index in [1.165, 1.54) is 0 Å². The Morgan fingerprint density at radius 2 is 2.00 bits per heavy atom. The third kappa shape index (κ3) is 2.34. The van der Waals surface area contributed by atoms with Gasteiger partial charge in [0.15, 0.2) is 0 Å². The first kappa shape index (κ1) is 11.4.